The molecule has 1 rings (SSSR count). The third-order valence-electron chi connectivity index (χ3n) is 3.44. The van der Waals surface area contributed by atoms with Crippen LogP contribution in [0.5, 0.6) is 0 Å². The molecule has 0 aromatic rings. The number of hydrogen-bond donors (Lipinski definition) is 0. The zero-order valence-corrected chi connectivity index (χ0v) is 10.9. The summed E-state index contributed by atoms with van der Waals surface area (Å²) in [7, 11) is 0. The van der Waals surface area contributed by atoms with Crippen LogP contribution < -0.4 is 0 Å². The first-order valence-corrected chi connectivity index (χ1v) is 7.01. The third kappa shape index (κ3) is 6.64. The Labute approximate surface area is 104 Å². The molecule has 0 aliphatic heterocycles. The monoisotopic (exact) mass is 244 g/mol. The second-order valence-electron chi connectivity index (χ2n) is 5.07. The minimum Gasteiger partial charge on any atom is -0.459 e. The van der Waals surface area contributed by atoms with Crippen LogP contribution in [0.2, 0.25) is 0 Å². The van der Waals surface area contributed by atoms with Gasteiger partial charge in [0.25, 0.3) is 0 Å². The number of rotatable bonds is 1. The van der Waals surface area contributed by atoms with Gasteiger partial charge in [-0.15, -0.1) is 0 Å². The number of hydrogen-bond acceptors (Lipinski definition) is 2. The van der Waals surface area contributed by atoms with Gasteiger partial charge in [-0.25, -0.2) is 4.39 Å². The Balaban J connectivity index is 2.41. The van der Waals surface area contributed by atoms with Gasteiger partial charge in [0, 0.05) is 6.92 Å². The summed E-state index contributed by atoms with van der Waals surface area (Å²) in [5, 5.41) is 0. The van der Waals surface area contributed by atoms with Crippen molar-refractivity contribution in [2.24, 2.45) is 0 Å². The molecule has 0 saturated heterocycles. The summed E-state index contributed by atoms with van der Waals surface area (Å²) >= 11 is 0. The zero-order chi connectivity index (χ0) is 12.5. The highest BCUT2D eigenvalue weighted by molar-refractivity contribution is 5.66. The molecule has 0 heterocycles. The molecule has 1 saturated carbocycles. The van der Waals surface area contributed by atoms with E-state index in [1.807, 2.05) is 0 Å². The first-order valence-electron chi connectivity index (χ1n) is 7.01. The van der Waals surface area contributed by atoms with Crippen LogP contribution in [-0.4, -0.2) is 18.2 Å². The van der Waals surface area contributed by atoms with Crippen LogP contribution >= 0.6 is 0 Å². The SMILES string of the molecule is CC(=O)OC1CCCCCCCCCCC1F. The summed E-state index contributed by atoms with van der Waals surface area (Å²) in [6, 6.07) is 0. The number of alkyl halides is 1. The van der Waals surface area contributed by atoms with Crippen molar-refractivity contribution in [3.05, 3.63) is 0 Å². The lowest BCUT2D eigenvalue weighted by molar-refractivity contribution is -0.150. The highest BCUT2D eigenvalue weighted by Crippen LogP contribution is 2.21. The third-order valence-corrected chi connectivity index (χ3v) is 3.44. The fourth-order valence-corrected chi connectivity index (χ4v) is 2.46. The minimum absolute atomic E-state index is 0.357. The van der Waals surface area contributed by atoms with Gasteiger partial charge in [-0.3, -0.25) is 4.79 Å². The maximum Gasteiger partial charge on any atom is 0.303 e. The van der Waals surface area contributed by atoms with Gasteiger partial charge >= 0.3 is 5.97 Å². The molecule has 0 N–H and O–H groups in total. The van der Waals surface area contributed by atoms with Gasteiger partial charge in [-0.05, 0) is 19.3 Å². The van der Waals surface area contributed by atoms with Gasteiger partial charge in [0.15, 0.2) is 0 Å². The molecule has 0 bridgehead atoms. The maximum absolute atomic E-state index is 13.9. The summed E-state index contributed by atoms with van der Waals surface area (Å²) < 4.78 is 19.0. The molecule has 0 spiro atoms. The lowest BCUT2D eigenvalue weighted by Gasteiger charge is -2.21. The molecular weight excluding hydrogens is 219 g/mol. The van der Waals surface area contributed by atoms with E-state index in [2.05, 4.69) is 0 Å². The lowest BCUT2D eigenvalue weighted by atomic mass is 9.98. The van der Waals surface area contributed by atoms with Crippen LogP contribution in [0, 0.1) is 0 Å². The number of halogens is 1. The summed E-state index contributed by atoms with van der Waals surface area (Å²) in [5.74, 6) is -0.357. The summed E-state index contributed by atoms with van der Waals surface area (Å²) in [6.45, 7) is 1.36. The standard InChI is InChI=1S/C14H25FO2/c1-12(16)17-14-11-9-7-5-3-2-4-6-8-10-13(14)15/h13-14H,2-11H2,1H3. The molecular formula is C14H25FO2. The molecule has 2 atom stereocenters. The Morgan fingerprint density at radius 2 is 1.41 bits per heavy atom. The van der Waals surface area contributed by atoms with Gasteiger partial charge in [-0.2, -0.15) is 0 Å². The average Bonchev–Trinajstić information content (AvgIpc) is 2.27. The Kier molecular flexibility index (Phi) is 7.22. The van der Waals surface area contributed by atoms with E-state index in [4.69, 9.17) is 4.74 Å². The van der Waals surface area contributed by atoms with Crippen LogP contribution in [0.25, 0.3) is 0 Å². The number of esters is 1. The molecule has 0 radical (unpaired) electrons. The lowest BCUT2D eigenvalue weighted by Crippen LogP contribution is -2.27. The van der Waals surface area contributed by atoms with Crippen molar-refractivity contribution < 1.29 is 13.9 Å². The number of carbonyl (C=O) groups excluding carboxylic acids is 1. The Bertz CT molecular complexity index is 218. The number of ether oxygens (including phenoxy) is 1. The minimum atomic E-state index is -0.974. The molecule has 1 fully saturated rings. The van der Waals surface area contributed by atoms with Crippen LogP contribution in [0.1, 0.15) is 71.1 Å². The van der Waals surface area contributed by atoms with Crippen molar-refractivity contribution >= 4 is 5.97 Å². The second kappa shape index (κ2) is 8.48. The van der Waals surface area contributed by atoms with Crippen LogP contribution in [0.3, 0.4) is 0 Å². The largest absolute Gasteiger partial charge is 0.459 e. The van der Waals surface area contributed by atoms with Gasteiger partial charge in [-0.1, -0.05) is 44.9 Å². The van der Waals surface area contributed by atoms with E-state index in [1.165, 1.54) is 32.6 Å². The first kappa shape index (κ1) is 14.5. The fourth-order valence-electron chi connectivity index (χ4n) is 2.46. The molecule has 3 heteroatoms. The fraction of sp³-hybridized carbons (Fsp3) is 0.929. The maximum atomic E-state index is 13.9. The second-order valence-corrected chi connectivity index (χ2v) is 5.07. The Hall–Kier alpha value is -0.600. The van der Waals surface area contributed by atoms with Crippen LogP contribution in [0.15, 0.2) is 0 Å². The molecule has 0 aromatic carbocycles. The van der Waals surface area contributed by atoms with Crippen LogP contribution in [-0.2, 0) is 9.53 Å². The predicted octanol–water partition coefficient (Wildman–Crippen LogP) is 4.17. The van der Waals surface area contributed by atoms with E-state index in [-0.39, 0.29) is 5.97 Å². The van der Waals surface area contributed by atoms with Crippen molar-refractivity contribution in [2.75, 3.05) is 0 Å². The molecule has 1 aliphatic carbocycles. The van der Waals surface area contributed by atoms with Gasteiger partial charge in [0.1, 0.15) is 12.3 Å². The van der Waals surface area contributed by atoms with Crippen molar-refractivity contribution in [2.45, 2.75) is 83.4 Å². The van der Waals surface area contributed by atoms with Crippen LogP contribution in [0.4, 0.5) is 4.39 Å². The van der Waals surface area contributed by atoms with E-state index >= 15 is 0 Å². The molecule has 2 nitrogen and oxygen atoms in total. The topological polar surface area (TPSA) is 26.3 Å². The predicted molar refractivity (Wildman–Crippen MR) is 66.6 cm³/mol. The highest BCUT2D eigenvalue weighted by atomic mass is 19.1. The molecule has 2 unspecified atom stereocenters. The molecule has 100 valence electrons. The van der Waals surface area contributed by atoms with E-state index < -0.39 is 12.3 Å². The van der Waals surface area contributed by atoms with Crippen molar-refractivity contribution in [3.63, 3.8) is 0 Å². The van der Waals surface area contributed by atoms with E-state index in [1.54, 1.807) is 0 Å². The van der Waals surface area contributed by atoms with E-state index in [0.717, 1.165) is 25.7 Å². The highest BCUT2D eigenvalue weighted by Gasteiger charge is 2.23. The molecule has 1 aliphatic rings. The van der Waals surface area contributed by atoms with Gasteiger partial charge in [0.05, 0.1) is 0 Å². The first-order chi connectivity index (χ1) is 8.20. The summed E-state index contributed by atoms with van der Waals surface area (Å²) in [4.78, 5) is 10.9. The van der Waals surface area contributed by atoms with E-state index in [0.29, 0.717) is 12.8 Å². The van der Waals surface area contributed by atoms with Crippen molar-refractivity contribution in [1.82, 2.24) is 0 Å². The Morgan fingerprint density at radius 3 is 1.94 bits per heavy atom. The zero-order valence-electron chi connectivity index (χ0n) is 10.9. The Morgan fingerprint density at radius 1 is 0.941 bits per heavy atom. The molecule has 0 amide bonds. The van der Waals surface area contributed by atoms with Crippen molar-refractivity contribution in [3.8, 4) is 0 Å². The summed E-state index contributed by atoms with van der Waals surface area (Å²) in [6.07, 6.45) is 8.87. The molecule has 0 aromatic heterocycles. The van der Waals surface area contributed by atoms with E-state index in [9.17, 15) is 9.18 Å². The molecule has 17 heavy (non-hydrogen) atoms. The number of carbonyl (C=O) groups is 1. The summed E-state index contributed by atoms with van der Waals surface area (Å²) in [5.41, 5.74) is 0. The normalized spacial score (nSPS) is 28.8. The smallest absolute Gasteiger partial charge is 0.303 e. The average molecular weight is 244 g/mol. The van der Waals surface area contributed by atoms with Gasteiger partial charge in [0.2, 0.25) is 0 Å². The quantitative estimate of drug-likeness (QED) is 0.647. The van der Waals surface area contributed by atoms with Gasteiger partial charge < -0.3 is 4.74 Å². The van der Waals surface area contributed by atoms with Crippen molar-refractivity contribution in [1.29, 1.82) is 0 Å².